The first kappa shape index (κ1) is 15.6. The van der Waals surface area contributed by atoms with Crippen molar-refractivity contribution in [3.63, 3.8) is 0 Å². The molecule has 0 aliphatic carbocycles. The van der Waals surface area contributed by atoms with Crippen LogP contribution in [0.3, 0.4) is 0 Å². The molecule has 21 heavy (non-hydrogen) atoms. The Morgan fingerprint density at radius 2 is 1.57 bits per heavy atom. The largest absolute Gasteiger partial charge is 0.310 e. The molecule has 4 heteroatoms. The molecule has 0 amide bonds. The Kier molecular flexibility index (Phi) is 4.68. The van der Waals surface area contributed by atoms with Crippen LogP contribution >= 0.6 is 0 Å². The molecule has 2 rings (SSSR count). The Morgan fingerprint density at radius 3 is 2.24 bits per heavy atom. The van der Waals surface area contributed by atoms with Gasteiger partial charge in [0.05, 0.1) is 0 Å². The highest BCUT2D eigenvalue weighted by Gasteiger charge is 2.13. The first-order chi connectivity index (χ1) is 9.88. The van der Waals surface area contributed by atoms with Crippen LogP contribution in [0.15, 0.2) is 30.3 Å². The van der Waals surface area contributed by atoms with Crippen LogP contribution < -0.4 is 5.32 Å². The second-order valence-corrected chi connectivity index (χ2v) is 5.43. The predicted octanol–water partition coefficient (Wildman–Crippen LogP) is 4.58. The van der Waals surface area contributed by atoms with E-state index in [2.05, 4.69) is 5.32 Å². The first-order valence-corrected chi connectivity index (χ1v) is 6.86. The van der Waals surface area contributed by atoms with Gasteiger partial charge in [-0.2, -0.15) is 0 Å². The third-order valence-corrected chi connectivity index (χ3v) is 3.28. The minimum Gasteiger partial charge on any atom is -0.310 e. The van der Waals surface area contributed by atoms with Crippen LogP contribution in [0.2, 0.25) is 0 Å². The molecule has 1 nitrogen and oxygen atoms in total. The number of halogens is 3. The molecule has 2 aromatic rings. The molecule has 0 saturated heterocycles. The van der Waals surface area contributed by atoms with Gasteiger partial charge in [0.25, 0.3) is 0 Å². The van der Waals surface area contributed by atoms with E-state index in [1.165, 1.54) is 19.1 Å². The summed E-state index contributed by atoms with van der Waals surface area (Å²) in [4.78, 5) is 0. The number of benzene rings is 2. The van der Waals surface area contributed by atoms with Crippen LogP contribution in [-0.4, -0.2) is 6.04 Å². The highest BCUT2D eigenvalue weighted by Crippen LogP contribution is 2.28. The topological polar surface area (TPSA) is 12.0 Å². The standard InChI is InChI=1S/C17H18F3N/c1-10(2)21-9-12-4-5-15(18)14(7-12)13-6-11(3)16(19)8-17(13)20/h4-8,10,21H,9H2,1-3H3. The van der Waals surface area contributed by atoms with Crippen LogP contribution in [-0.2, 0) is 6.54 Å². The van der Waals surface area contributed by atoms with Crippen molar-refractivity contribution in [1.82, 2.24) is 5.32 Å². The third kappa shape index (κ3) is 3.64. The van der Waals surface area contributed by atoms with Crippen molar-refractivity contribution in [3.8, 4) is 11.1 Å². The summed E-state index contributed by atoms with van der Waals surface area (Å²) in [6.45, 7) is 6.11. The normalized spacial score (nSPS) is 11.2. The van der Waals surface area contributed by atoms with E-state index in [1.54, 1.807) is 12.1 Å². The molecule has 1 N–H and O–H groups in total. The molecule has 0 radical (unpaired) electrons. The Morgan fingerprint density at radius 1 is 0.905 bits per heavy atom. The van der Waals surface area contributed by atoms with Crippen LogP contribution in [0.5, 0.6) is 0 Å². The SMILES string of the molecule is Cc1cc(-c2cc(CNC(C)C)ccc2F)c(F)cc1F. The van der Waals surface area contributed by atoms with E-state index in [4.69, 9.17) is 0 Å². The lowest BCUT2D eigenvalue weighted by atomic mass is 9.99. The summed E-state index contributed by atoms with van der Waals surface area (Å²) in [5, 5.41) is 3.22. The summed E-state index contributed by atoms with van der Waals surface area (Å²) >= 11 is 0. The van der Waals surface area contributed by atoms with Gasteiger partial charge in [-0.1, -0.05) is 19.9 Å². The summed E-state index contributed by atoms with van der Waals surface area (Å²) in [6.07, 6.45) is 0. The minimum atomic E-state index is -0.758. The third-order valence-electron chi connectivity index (χ3n) is 3.28. The molecule has 0 aliphatic rings. The Labute approximate surface area is 122 Å². The molecule has 0 bridgehead atoms. The van der Waals surface area contributed by atoms with Gasteiger partial charge in [0.15, 0.2) is 0 Å². The Bertz CT molecular complexity index is 651. The fraction of sp³-hybridized carbons (Fsp3) is 0.294. The van der Waals surface area contributed by atoms with Crippen LogP contribution in [0.1, 0.15) is 25.0 Å². The van der Waals surface area contributed by atoms with Crippen molar-refractivity contribution in [2.24, 2.45) is 0 Å². The van der Waals surface area contributed by atoms with Crippen LogP contribution in [0.4, 0.5) is 13.2 Å². The molecule has 0 heterocycles. The van der Waals surface area contributed by atoms with E-state index in [0.29, 0.717) is 12.6 Å². The lowest BCUT2D eigenvalue weighted by molar-refractivity contribution is 0.576. The number of rotatable bonds is 4. The number of hydrogen-bond acceptors (Lipinski definition) is 1. The van der Waals surface area contributed by atoms with Gasteiger partial charge in [-0.3, -0.25) is 0 Å². The highest BCUT2D eigenvalue weighted by atomic mass is 19.1. The summed E-state index contributed by atoms with van der Waals surface area (Å²) in [7, 11) is 0. The minimum absolute atomic E-state index is 0.0813. The van der Waals surface area contributed by atoms with Gasteiger partial charge in [-0.05, 0) is 36.2 Å². The first-order valence-electron chi connectivity index (χ1n) is 6.86. The molecular weight excluding hydrogens is 275 g/mol. The zero-order valence-electron chi connectivity index (χ0n) is 12.3. The molecule has 0 atom stereocenters. The van der Waals surface area contributed by atoms with Crippen molar-refractivity contribution in [1.29, 1.82) is 0 Å². The molecule has 0 fully saturated rings. The lowest BCUT2D eigenvalue weighted by Crippen LogP contribution is -2.21. The zero-order chi connectivity index (χ0) is 15.6. The van der Waals surface area contributed by atoms with Gasteiger partial charge in [0.1, 0.15) is 17.5 Å². The van der Waals surface area contributed by atoms with Crippen molar-refractivity contribution < 1.29 is 13.2 Å². The van der Waals surface area contributed by atoms with Gasteiger partial charge in [-0.25, -0.2) is 13.2 Å². The fourth-order valence-electron chi connectivity index (χ4n) is 2.07. The Hall–Kier alpha value is -1.81. The number of hydrogen-bond donors (Lipinski definition) is 1. The quantitative estimate of drug-likeness (QED) is 0.870. The van der Waals surface area contributed by atoms with Crippen molar-refractivity contribution >= 4 is 0 Å². The molecule has 2 aromatic carbocycles. The van der Waals surface area contributed by atoms with E-state index >= 15 is 0 Å². The Balaban J connectivity index is 2.43. The van der Waals surface area contributed by atoms with Crippen LogP contribution in [0.25, 0.3) is 11.1 Å². The molecular formula is C17H18F3N. The molecule has 0 unspecified atom stereocenters. The molecule has 0 aromatic heterocycles. The van der Waals surface area contributed by atoms with E-state index in [-0.39, 0.29) is 16.7 Å². The summed E-state index contributed by atoms with van der Waals surface area (Å²) in [5.74, 6) is -1.91. The maximum atomic E-state index is 14.0. The average Bonchev–Trinajstić information content (AvgIpc) is 2.42. The number of nitrogens with one attached hydrogen (secondary N) is 1. The van der Waals surface area contributed by atoms with Crippen molar-refractivity contribution in [3.05, 3.63) is 58.9 Å². The van der Waals surface area contributed by atoms with Gasteiger partial charge >= 0.3 is 0 Å². The lowest BCUT2D eigenvalue weighted by Gasteiger charge is -2.12. The van der Waals surface area contributed by atoms with Gasteiger partial charge < -0.3 is 5.32 Å². The molecule has 112 valence electrons. The highest BCUT2D eigenvalue weighted by molar-refractivity contribution is 5.66. The average molecular weight is 293 g/mol. The second kappa shape index (κ2) is 6.31. The monoisotopic (exact) mass is 293 g/mol. The maximum Gasteiger partial charge on any atom is 0.134 e. The second-order valence-electron chi connectivity index (χ2n) is 5.43. The van der Waals surface area contributed by atoms with Gasteiger partial charge in [0, 0.05) is 29.8 Å². The van der Waals surface area contributed by atoms with Crippen molar-refractivity contribution in [2.45, 2.75) is 33.4 Å². The van der Waals surface area contributed by atoms with Gasteiger partial charge in [-0.15, -0.1) is 0 Å². The maximum absolute atomic E-state index is 14.0. The van der Waals surface area contributed by atoms with E-state index in [0.717, 1.165) is 11.6 Å². The van der Waals surface area contributed by atoms with Crippen molar-refractivity contribution in [2.75, 3.05) is 0 Å². The smallest absolute Gasteiger partial charge is 0.134 e. The van der Waals surface area contributed by atoms with Crippen LogP contribution in [0, 0.1) is 24.4 Å². The summed E-state index contributed by atoms with van der Waals surface area (Å²) in [6, 6.07) is 6.99. The predicted molar refractivity (Wildman–Crippen MR) is 78.5 cm³/mol. The number of aryl methyl sites for hydroxylation is 1. The molecule has 0 aliphatic heterocycles. The molecule has 0 spiro atoms. The summed E-state index contributed by atoms with van der Waals surface area (Å²) in [5.41, 5.74) is 1.37. The van der Waals surface area contributed by atoms with E-state index < -0.39 is 17.5 Å². The zero-order valence-corrected chi connectivity index (χ0v) is 12.3. The van der Waals surface area contributed by atoms with Gasteiger partial charge in [0.2, 0.25) is 0 Å². The van der Waals surface area contributed by atoms with E-state index in [1.807, 2.05) is 13.8 Å². The summed E-state index contributed by atoms with van der Waals surface area (Å²) < 4.78 is 41.2. The molecule has 0 saturated carbocycles. The fourth-order valence-corrected chi connectivity index (χ4v) is 2.07. The van der Waals surface area contributed by atoms with E-state index in [9.17, 15) is 13.2 Å².